The fourth-order valence-corrected chi connectivity index (χ4v) is 4.23. The van der Waals surface area contributed by atoms with E-state index in [1.807, 2.05) is 35.4 Å². The Balaban J connectivity index is 1.67. The molecular formula is C24H28N4. The Morgan fingerprint density at radius 3 is 2.75 bits per heavy atom. The summed E-state index contributed by atoms with van der Waals surface area (Å²) in [5, 5.41) is 1.18. The second kappa shape index (κ2) is 8.11. The number of pyridine rings is 1. The Kier molecular flexibility index (Phi) is 5.40. The lowest BCUT2D eigenvalue weighted by molar-refractivity contribution is 0.325. The zero-order valence-corrected chi connectivity index (χ0v) is 16.5. The van der Waals surface area contributed by atoms with Crippen molar-refractivity contribution in [3.63, 3.8) is 0 Å². The average Bonchev–Trinajstić information content (AvgIpc) is 2.72. The molecule has 4 nitrogen and oxygen atoms in total. The third-order valence-corrected chi connectivity index (χ3v) is 5.82. The lowest BCUT2D eigenvalue weighted by Crippen LogP contribution is -2.27. The molecule has 0 saturated heterocycles. The minimum atomic E-state index is 0.386. The molecule has 1 aliphatic carbocycles. The maximum absolute atomic E-state index is 6.08. The molecule has 1 fully saturated rings. The van der Waals surface area contributed by atoms with Crippen molar-refractivity contribution in [1.29, 1.82) is 0 Å². The number of amidine groups is 1. The van der Waals surface area contributed by atoms with Gasteiger partial charge in [0.05, 0.1) is 5.52 Å². The summed E-state index contributed by atoms with van der Waals surface area (Å²) in [6.07, 6.45) is 13.7. The number of allylic oxidation sites excluding steroid dienone is 3. The molecule has 0 atom stereocenters. The van der Waals surface area contributed by atoms with E-state index < -0.39 is 0 Å². The maximum Gasteiger partial charge on any atom is 0.158 e. The Morgan fingerprint density at radius 2 is 2.00 bits per heavy atom. The minimum absolute atomic E-state index is 0.386. The van der Waals surface area contributed by atoms with Gasteiger partial charge >= 0.3 is 0 Å². The van der Waals surface area contributed by atoms with Gasteiger partial charge in [-0.15, -0.1) is 0 Å². The van der Waals surface area contributed by atoms with E-state index in [-0.39, 0.29) is 0 Å². The molecule has 1 aliphatic heterocycles. The summed E-state index contributed by atoms with van der Waals surface area (Å²) in [6, 6.07) is 11.1. The van der Waals surface area contributed by atoms with Crippen LogP contribution in [-0.2, 0) is 6.42 Å². The molecular weight excluding hydrogens is 344 g/mol. The Labute approximate surface area is 167 Å². The lowest BCUT2D eigenvalue weighted by atomic mass is 9.82. The van der Waals surface area contributed by atoms with Gasteiger partial charge in [-0.3, -0.25) is 4.99 Å². The Morgan fingerprint density at radius 1 is 1.18 bits per heavy atom. The van der Waals surface area contributed by atoms with Crippen LogP contribution in [0.5, 0.6) is 0 Å². The predicted molar refractivity (Wildman–Crippen MR) is 117 cm³/mol. The van der Waals surface area contributed by atoms with Crippen LogP contribution in [0.4, 0.5) is 0 Å². The van der Waals surface area contributed by atoms with E-state index in [9.17, 15) is 0 Å². The Hall–Kier alpha value is -2.72. The van der Waals surface area contributed by atoms with E-state index in [2.05, 4.69) is 35.8 Å². The minimum Gasteiger partial charge on any atom is -0.328 e. The van der Waals surface area contributed by atoms with Crippen LogP contribution < -0.4 is 5.73 Å². The van der Waals surface area contributed by atoms with Crippen LogP contribution in [0.3, 0.4) is 0 Å². The first-order chi connectivity index (χ1) is 13.7. The number of hydrogen-bond acceptors (Lipinski definition) is 3. The van der Waals surface area contributed by atoms with Crippen molar-refractivity contribution in [2.24, 2.45) is 16.6 Å². The van der Waals surface area contributed by atoms with Crippen molar-refractivity contribution >= 4 is 16.7 Å². The topological polar surface area (TPSA) is 54.5 Å². The standard InChI is InChI=1S/C24H28N4/c1-17-6-3-4-15-28(17)24(26-2)22-14-11-19-7-5-8-20(23(19)27-22)16-18-9-12-21(25)13-10-18/h3-8,11,14-15,18,21H,1,9-10,12-13,16,25H2,2H3/b26-24-. The molecule has 4 rings (SSSR count). The molecule has 2 heterocycles. The first-order valence-corrected chi connectivity index (χ1v) is 10.1. The molecule has 4 heteroatoms. The van der Waals surface area contributed by atoms with Crippen LogP contribution in [0.2, 0.25) is 0 Å². The molecule has 1 aromatic carbocycles. The van der Waals surface area contributed by atoms with Crippen LogP contribution in [0.1, 0.15) is 36.9 Å². The molecule has 1 aromatic heterocycles. The van der Waals surface area contributed by atoms with Gasteiger partial charge in [0.25, 0.3) is 0 Å². The number of hydrogen-bond donors (Lipinski definition) is 1. The first kappa shape index (κ1) is 18.6. The number of nitrogens with two attached hydrogens (primary N) is 1. The molecule has 0 unspecified atom stereocenters. The summed E-state index contributed by atoms with van der Waals surface area (Å²) in [4.78, 5) is 11.5. The van der Waals surface area contributed by atoms with Gasteiger partial charge in [-0.1, -0.05) is 36.9 Å². The van der Waals surface area contributed by atoms with Gasteiger partial charge in [0, 0.05) is 30.4 Å². The van der Waals surface area contributed by atoms with E-state index >= 15 is 0 Å². The normalized spacial score (nSPS) is 22.9. The largest absolute Gasteiger partial charge is 0.328 e. The maximum atomic E-state index is 6.08. The molecule has 2 N–H and O–H groups in total. The van der Waals surface area contributed by atoms with E-state index in [4.69, 9.17) is 10.7 Å². The van der Waals surface area contributed by atoms with Gasteiger partial charge in [-0.25, -0.2) is 4.98 Å². The number of rotatable bonds is 3. The highest BCUT2D eigenvalue weighted by atomic mass is 15.2. The Bertz CT molecular complexity index is 962. The number of benzene rings is 1. The highest BCUT2D eigenvalue weighted by molar-refractivity contribution is 6.01. The fourth-order valence-electron chi connectivity index (χ4n) is 4.23. The summed E-state index contributed by atoms with van der Waals surface area (Å²) in [5.41, 5.74) is 10.2. The molecule has 28 heavy (non-hydrogen) atoms. The molecule has 144 valence electrons. The number of para-hydroxylation sites is 1. The van der Waals surface area contributed by atoms with Crippen molar-refractivity contribution in [1.82, 2.24) is 9.88 Å². The number of nitrogens with zero attached hydrogens (tertiary/aromatic N) is 3. The van der Waals surface area contributed by atoms with Crippen molar-refractivity contribution in [3.05, 3.63) is 78.3 Å². The van der Waals surface area contributed by atoms with Crippen LogP contribution in [0, 0.1) is 5.92 Å². The number of fused-ring (bicyclic) bond motifs is 1. The van der Waals surface area contributed by atoms with Crippen molar-refractivity contribution in [2.75, 3.05) is 7.05 Å². The molecule has 0 radical (unpaired) electrons. The van der Waals surface area contributed by atoms with Gasteiger partial charge in [-0.05, 0) is 61.8 Å². The summed E-state index contributed by atoms with van der Waals surface area (Å²) < 4.78 is 0. The monoisotopic (exact) mass is 372 g/mol. The van der Waals surface area contributed by atoms with E-state index in [1.165, 1.54) is 23.8 Å². The third kappa shape index (κ3) is 3.78. The quantitative estimate of drug-likeness (QED) is 0.634. The van der Waals surface area contributed by atoms with Crippen LogP contribution in [-0.4, -0.2) is 28.8 Å². The summed E-state index contributed by atoms with van der Waals surface area (Å²) in [5.74, 6) is 1.51. The first-order valence-electron chi connectivity index (χ1n) is 10.1. The predicted octanol–water partition coefficient (Wildman–Crippen LogP) is 4.57. The molecule has 0 bridgehead atoms. The fraction of sp³-hybridized carbons (Fsp3) is 0.333. The van der Waals surface area contributed by atoms with E-state index in [0.717, 1.165) is 42.0 Å². The van der Waals surface area contributed by atoms with Crippen molar-refractivity contribution < 1.29 is 0 Å². The molecule has 1 saturated carbocycles. The molecule has 2 aliphatic rings. The van der Waals surface area contributed by atoms with Crippen molar-refractivity contribution in [2.45, 2.75) is 38.1 Å². The van der Waals surface area contributed by atoms with E-state index in [0.29, 0.717) is 12.0 Å². The second-order valence-corrected chi connectivity index (χ2v) is 7.78. The molecule has 0 spiro atoms. The highest BCUT2D eigenvalue weighted by Gasteiger charge is 2.21. The van der Waals surface area contributed by atoms with Crippen LogP contribution >= 0.6 is 0 Å². The second-order valence-electron chi connectivity index (χ2n) is 7.78. The third-order valence-electron chi connectivity index (χ3n) is 5.82. The summed E-state index contributed by atoms with van der Waals surface area (Å²) >= 11 is 0. The van der Waals surface area contributed by atoms with E-state index in [1.54, 1.807) is 7.05 Å². The van der Waals surface area contributed by atoms with Gasteiger partial charge in [0.15, 0.2) is 5.84 Å². The number of aromatic nitrogens is 1. The highest BCUT2D eigenvalue weighted by Crippen LogP contribution is 2.29. The molecule has 0 amide bonds. The smallest absolute Gasteiger partial charge is 0.158 e. The van der Waals surface area contributed by atoms with Gasteiger partial charge in [-0.2, -0.15) is 0 Å². The SMILES string of the molecule is C=C1C=CC=CN1/C(=N\C)c1ccc2cccc(CC3CCC(N)CC3)c2n1. The zero-order valence-electron chi connectivity index (χ0n) is 16.5. The van der Waals surface area contributed by atoms with Gasteiger partial charge < -0.3 is 10.6 Å². The van der Waals surface area contributed by atoms with Crippen molar-refractivity contribution in [3.8, 4) is 0 Å². The van der Waals surface area contributed by atoms with Crippen LogP contribution in [0.25, 0.3) is 10.9 Å². The number of aliphatic imine (C=N–C) groups is 1. The van der Waals surface area contributed by atoms with Crippen LogP contribution in [0.15, 0.2) is 72.0 Å². The lowest BCUT2D eigenvalue weighted by Gasteiger charge is -2.26. The van der Waals surface area contributed by atoms with Gasteiger partial charge in [0.2, 0.25) is 0 Å². The summed E-state index contributed by atoms with van der Waals surface area (Å²) in [6.45, 7) is 4.12. The summed E-state index contributed by atoms with van der Waals surface area (Å²) in [7, 11) is 1.80. The average molecular weight is 373 g/mol. The van der Waals surface area contributed by atoms with Gasteiger partial charge in [0.1, 0.15) is 5.69 Å². The zero-order chi connectivity index (χ0) is 19.5. The molecule has 2 aromatic rings.